The maximum Gasteiger partial charge on any atom is 0.355 e. The van der Waals surface area contributed by atoms with Crippen molar-refractivity contribution < 1.29 is 19.1 Å². The molecule has 24 heavy (non-hydrogen) atoms. The van der Waals surface area contributed by atoms with Crippen LogP contribution in [0.25, 0.3) is 0 Å². The number of nitrogens with one attached hydrogen (secondary N) is 1. The highest BCUT2D eigenvalue weighted by molar-refractivity contribution is 5.98. The minimum absolute atomic E-state index is 0.193. The van der Waals surface area contributed by atoms with Crippen LogP contribution in [0.3, 0.4) is 0 Å². The van der Waals surface area contributed by atoms with Gasteiger partial charge in [-0.05, 0) is 51.3 Å². The Bertz CT molecular complexity index is 774. The lowest BCUT2D eigenvalue weighted by Gasteiger charge is -2.08. The first-order chi connectivity index (χ1) is 11.3. The summed E-state index contributed by atoms with van der Waals surface area (Å²) in [4.78, 5) is 27.3. The van der Waals surface area contributed by atoms with Gasteiger partial charge >= 0.3 is 11.9 Å². The predicted octanol–water partition coefficient (Wildman–Crippen LogP) is 3.78. The molecule has 0 spiro atoms. The Hall–Kier alpha value is -2.56. The van der Waals surface area contributed by atoms with Crippen molar-refractivity contribution in [1.29, 1.82) is 0 Å². The number of carbonyl (C=O) groups is 2. The van der Waals surface area contributed by atoms with Crippen LogP contribution in [0.15, 0.2) is 18.2 Å². The molecule has 1 heterocycles. The molecule has 1 aromatic heterocycles. The number of hydrogen-bond acceptors (Lipinski definition) is 4. The van der Waals surface area contributed by atoms with Gasteiger partial charge in [-0.25, -0.2) is 9.59 Å². The molecule has 0 aliphatic carbocycles. The second kappa shape index (κ2) is 7.34. The van der Waals surface area contributed by atoms with Crippen LogP contribution in [0, 0.1) is 27.7 Å². The van der Waals surface area contributed by atoms with E-state index < -0.39 is 11.9 Å². The SMILES string of the molecule is CCOC(=O)c1c(C)[nH]c(C(=O)OCc2cc(C)ccc2C)c1C. The van der Waals surface area contributed by atoms with E-state index in [1.165, 1.54) is 0 Å². The van der Waals surface area contributed by atoms with Crippen LogP contribution in [0.1, 0.15) is 55.7 Å². The minimum atomic E-state index is -0.480. The van der Waals surface area contributed by atoms with Crippen molar-refractivity contribution in [2.24, 2.45) is 0 Å². The zero-order valence-corrected chi connectivity index (χ0v) is 14.8. The molecule has 0 amide bonds. The van der Waals surface area contributed by atoms with Gasteiger partial charge in [-0.2, -0.15) is 0 Å². The molecule has 0 aliphatic rings. The van der Waals surface area contributed by atoms with Gasteiger partial charge in [0.05, 0.1) is 12.2 Å². The number of rotatable bonds is 5. The third-order valence-corrected chi connectivity index (χ3v) is 3.98. The van der Waals surface area contributed by atoms with Gasteiger partial charge in [0.1, 0.15) is 12.3 Å². The fourth-order valence-corrected chi connectivity index (χ4v) is 2.63. The van der Waals surface area contributed by atoms with Crippen molar-refractivity contribution in [3.8, 4) is 0 Å². The minimum Gasteiger partial charge on any atom is -0.462 e. The number of aryl methyl sites for hydroxylation is 3. The standard InChI is InChI=1S/C19H23NO4/c1-6-23-18(21)16-13(4)17(20-14(16)5)19(22)24-10-15-9-11(2)7-8-12(15)3/h7-9,20H,6,10H2,1-5H3. The summed E-state index contributed by atoms with van der Waals surface area (Å²) in [7, 11) is 0. The molecule has 2 aromatic rings. The van der Waals surface area contributed by atoms with Crippen LogP contribution < -0.4 is 0 Å². The van der Waals surface area contributed by atoms with E-state index in [0.717, 1.165) is 16.7 Å². The number of carbonyl (C=O) groups excluding carboxylic acids is 2. The van der Waals surface area contributed by atoms with Crippen molar-refractivity contribution in [3.63, 3.8) is 0 Å². The number of esters is 2. The molecule has 0 bridgehead atoms. The first-order valence-corrected chi connectivity index (χ1v) is 7.94. The van der Waals surface area contributed by atoms with Gasteiger partial charge in [0.25, 0.3) is 0 Å². The highest BCUT2D eigenvalue weighted by Crippen LogP contribution is 2.20. The number of benzene rings is 1. The summed E-state index contributed by atoms with van der Waals surface area (Å²) in [5, 5.41) is 0. The van der Waals surface area contributed by atoms with Crippen molar-refractivity contribution >= 4 is 11.9 Å². The summed E-state index contributed by atoms with van der Waals surface area (Å²) in [6, 6.07) is 6.02. The topological polar surface area (TPSA) is 68.4 Å². The van der Waals surface area contributed by atoms with Crippen molar-refractivity contribution in [2.75, 3.05) is 6.61 Å². The fraction of sp³-hybridized carbons (Fsp3) is 0.368. The molecule has 5 heteroatoms. The normalized spacial score (nSPS) is 10.5. The van der Waals surface area contributed by atoms with E-state index in [4.69, 9.17) is 9.47 Å². The van der Waals surface area contributed by atoms with Crippen LogP contribution in [-0.2, 0) is 16.1 Å². The van der Waals surface area contributed by atoms with Crippen LogP contribution >= 0.6 is 0 Å². The summed E-state index contributed by atoms with van der Waals surface area (Å²) < 4.78 is 10.4. The van der Waals surface area contributed by atoms with Gasteiger partial charge in [-0.1, -0.05) is 23.8 Å². The van der Waals surface area contributed by atoms with Gasteiger partial charge in [-0.3, -0.25) is 0 Å². The van der Waals surface area contributed by atoms with E-state index in [9.17, 15) is 9.59 Å². The number of hydrogen-bond donors (Lipinski definition) is 1. The Kier molecular flexibility index (Phi) is 5.44. The fourth-order valence-electron chi connectivity index (χ4n) is 2.63. The molecule has 128 valence electrons. The van der Waals surface area contributed by atoms with E-state index in [1.54, 1.807) is 20.8 Å². The third-order valence-electron chi connectivity index (χ3n) is 3.98. The van der Waals surface area contributed by atoms with Crippen LogP contribution in [0.2, 0.25) is 0 Å². The van der Waals surface area contributed by atoms with Gasteiger partial charge in [0.2, 0.25) is 0 Å². The lowest BCUT2D eigenvalue weighted by atomic mass is 10.1. The van der Waals surface area contributed by atoms with Crippen LogP contribution in [0.4, 0.5) is 0 Å². The average molecular weight is 329 g/mol. The zero-order valence-electron chi connectivity index (χ0n) is 14.8. The average Bonchev–Trinajstić information content (AvgIpc) is 2.83. The second-order valence-corrected chi connectivity index (χ2v) is 5.85. The number of ether oxygens (including phenoxy) is 2. The number of aromatic nitrogens is 1. The van der Waals surface area contributed by atoms with E-state index in [-0.39, 0.29) is 13.2 Å². The molecule has 5 nitrogen and oxygen atoms in total. The molecular formula is C19H23NO4. The van der Waals surface area contributed by atoms with Crippen molar-refractivity contribution in [3.05, 3.63) is 57.4 Å². The smallest absolute Gasteiger partial charge is 0.355 e. The predicted molar refractivity (Wildman–Crippen MR) is 91.3 cm³/mol. The van der Waals surface area contributed by atoms with E-state index >= 15 is 0 Å². The summed E-state index contributed by atoms with van der Waals surface area (Å²) in [6.45, 7) is 9.65. The summed E-state index contributed by atoms with van der Waals surface area (Å²) in [5.74, 6) is -0.913. The molecule has 1 aromatic carbocycles. The van der Waals surface area contributed by atoms with Gasteiger partial charge in [-0.15, -0.1) is 0 Å². The lowest BCUT2D eigenvalue weighted by molar-refractivity contribution is 0.0464. The largest absolute Gasteiger partial charge is 0.462 e. The van der Waals surface area contributed by atoms with Crippen molar-refractivity contribution in [2.45, 2.75) is 41.2 Å². The van der Waals surface area contributed by atoms with E-state index in [1.807, 2.05) is 32.0 Å². The Morgan fingerprint density at radius 3 is 2.42 bits per heavy atom. The molecule has 1 N–H and O–H groups in total. The number of H-pyrrole nitrogens is 1. The highest BCUT2D eigenvalue weighted by atomic mass is 16.5. The lowest BCUT2D eigenvalue weighted by Crippen LogP contribution is -2.09. The quantitative estimate of drug-likeness (QED) is 0.848. The maximum absolute atomic E-state index is 12.4. The molecule has 0 saturated heterocycles. The Labute approximate surface area is 142 Å². The molecule has 0 unspecified atom stereocenters. The maximum atomic E-state index is 12.4. The summed E-state index contributed by atoms with van der Waals surface area (Å²) in [5.41, 5.74) is 5.00. The van der Waals surface area contributed by atoms with Crippen molar-refractivity contribution in [1.82, 2.24) is 4.98 Å². The second-order valence-electron chi connectivity index (χ2n) is 5.85. The van der Waals surface area contributed by atoms with Gasteiger partial charge < -0.3 is 14.5 Å². The van der Waals surface area contributed by atoms with Gasteiger partial charge in [0.15, 0.2) is 0 Å². The molecular weight excluding hydrogens is 306 g/mol. The molecule has 0 saturated carbocycles. The third kappa shape index (κ3) is 3.67. The first-order valence-electron chi connectivity index (χ1n) is 7.94. The highest BCUT2D eigenvalue weighted by Gasteiger charge is 2.23. The van der Waals surface area contributed by atoms with Gasteiger partial charge in [0, 0.05) is 5.69 Å². The van der Waals surface area contributed by atoms with Crippen LogP contribution in [0.5, 0.6) is 0 Å². The Morgan fingerprint density at radius 1 is 1.04 bits per heavy atom. The zero-order chi connectivity index (χ0) is 17.9. The van der Waals surface area contributed by atoms with E-state index in [0.29, 0.717) is 22.5 Å². The Morgan fingerprint density at radius 2 is 1.75 bits per heavy atom. The Balaban J connectivity index is 2.17. The first kappa shape index (κ1) is 17.8. The number of aromatic amines is 1. The molecule has 0 atom stereocenters. The summed E-state index contributed by atoms with van der Waals surface area (Å²) >= 11 is 0. The molecule has 0 radical (unpaired) electrons. The monoisotopic (exact) mass is 329 g/mol. The molecule has 0 fully saturated rings. The van der Waals surface area contributed by atoms with E-state index in [2.05, 4.69) is 4.98 Å². The summed E-state index contributed by atoms with van der Waals surface area (Å²) in [6.07, 6.45) is 0. The van der Waals surface area contributed by atoms with Crippen LogP contribution in [-0.4, -0.2) is 23.5 Å². The molecule has 2 rings (SSSR count). The molecule has 0 aliphatic heterocycles.